The van der Waals surface area contributed by atoms with Crippen molar-refractivity contribution in [2.75, 3.05) is 0 Å². The summed E-state index contributed by atoms with van der Waals surface area (Å²) in [7, 11) is 0. The second-order valence-electron chi connectivity index (χ2n) is 7.29. The standard InChI is InChI=1S/C21H22N6O3/c1-11(2)27-19-16(10-23-27)15(9-18(24-19)14-8-12(3)30-13(14)4)20(28)25-26-21(29)17-6-5-7-22-17/h5-11,22H,1-4H3,(H,25,28)(H,26,29). The lowest BCUT2D eigenvalue weighted by Crippen LogP contribution is -2.41. The number of hydrazine groups is 1. The minimum absolute atomic E-state index is 0.0564. The van der Waals surface area contributed by atoms with E-state index in [0.717, 1.165) is 11.3 Å². The van der Waals surface area contributed by atoms with E-state index in [-0.39, 0.29) is 6.04 Å². The molecule has 0 radical (unpaired) electrons. The molecule has 3 N–H and O–H groups in total. The Morgan fingerprint density at radius 2 is 1.93 bits per heavy atom. The predicted molar refractivity (Wildman–Crippen MR) is 111 cm³/mol. The van der Waals surface area contributed by atoms with Crippen LogP contribution in [-0.2, 0) is 0 Å². The molecule has 0 unspecified atom stereocenters. The van der Waals surface area contributed by atoms with Gasteiger partial charge in [0.2, 0.25) is 0 Å². The maximum absolute atomic E-state index is 13.0. The first kappa shape index (κ1) is 19.4. The van der Waals surface area contributed by atoms with E-state index in [0.29, 0.717) is 33.7 Å². The summed E-state index contributed by atoms with van der Waals surface area (Å²) in [6, 6.07) is 6.93. The third-order valence-electron chi connectivity index (χ3n) is 4.75. The molecule has 9 nitrogen and oxygen atoms in total. The predicted octanol–water partition coefficient (Wildman–Crippen LogP) is 3.29. The van der Waals surface area contributed by atoms with Gasteiger partial charge in [-0.1, -0.05) is 0 Å². The van der Waals surface area contributed by atoms with Gasteiger partial charge >= 0.3 is 0 Å². The molecule has 0 aliphatic heterocycles. The summed E-state index contributed by atoms with van der Waals surface area (Å²) in [5, 5.41) is 4.99. The van der Waals surface area contributed by atoms with Gasteiger partial charge in [0.25, 0.3) is 11.8 Å². The molecule has 4 rings (SSSR count). The lowest BCUT2D eigenvalue weighted by atomic mass is 10.1. The Morgan fingerprint density at radius 3 is 2.57 bits per heavy atom. The van der Waals surface area contributed by atoms with Gasteiger partial charge in [-0.05, 0) is 52.0 Å². The molecule has 30 heavy (non-hydrogen) atoms. The van der Waals surface area contributed by atoms with Crippen LogP contribution in [0.15, 0.2) is 41.1 Å². The number of hydrogen-bond acceptors (Lipinski definition) is 5. The van der Waals surface area contributed by atoms with Crippen LogP contribution in [0, 0.1) is 13.8 Å². The Balaban J connectivity index is 1.75. The number of nitrogens with zero attached hydrogens (tertiary/aromatic N) is 3. The molecule has 0 fully saturated rings. The number of carbonyl (C=O) groups excluding carboxylic acids is 2. The van der Waals surface area contributed by atoms with Crippen LogP contribution in [0.4, 0.5) is 0 Å². The minimum Gasteiger partial charge on any atom is -0.466 e. The number of aromatic amines is 1. The van der Waals surface area contributed by atoms with Crippen LogP contribution in [-0.4, -0.2) is 31.6 Å². The Labute approximate surface area is 172 Å². The molecule has 0 spiro atoms. The van der Waals surface area contributed by atoms with Gasteiger partial charge in [-0.3, -0.25) is 20.4 Å². The van der Waals surface area contributed by atoms with E-state index in [1.165, 1.54) is 0 Å². The van der Waals surface area contributed by atoms with Crippen molar-refractivity contribution in [3.63, 3.8) is 0 Å². The number of H-pyrrole nitrogens is 1. The van der Waals surface area contributed by atoms with E-state index in [1.807, 2.05) is 33.8 Å². The van der Waals surface area contributed by atoms with Gasteiger partial charge in [-0.25, -0.2) is 9.67 Å². The van der Waals surface area contributed by atoms with Crippen molar-refractivity contribution in [3.05, 3.63) is 59.4 Å². The summed E-state index contributed by atoms with van der Waals surface area (Å²) < 4.78 is 7.40. The third kappa shape index (κ3) is 3.45. The second kappa shape index (κ2) is 7.51. The van der Waals surface area contributed by atoms with Crippen molar-refractivity contribution in [3.8, 4) is 11.3 Å². The third-order valence-corrected chi connectivity index (χ3v) is 4.75. The molecule has 9 heteroatoms. The number of carbonyl (C=O) groups is 2. The number of rotatable bonds is 4. The number of aryl methyl sites for hydroxylation is 2. The summed E-state index contributed by atoms with van der Waals surface area (Å²) in [6.45, 7) is 7.69. The van der Waals surface area contributed by atoms with Crippen LogP contribution in [0.5, 0.6) is 0 Å². The number of aromatic nitrogens is 4. The minimum atomic E-state index is -0.468. The van der Waals surface area contributed by atoms with Gasteiger partial charge in [0.15, 0.2) is 5.65 Å². The highest BCUT2D eigenvalue weighted by Gasteiger charge is 2.20. The lowest BCUT2D eigenvalue weighted by molar-refractivity contribution is 0.0845. The highest BCUT2D eigenvalue weighted by molar-refractivity contribution is 6.07. The lowest BCUT2D eigenvalue weighted by Gasteiger charge is -2.11. The van der Waals surface area contributed by atoms with E-state index in [4.69, 9.17) is 9.40 Å². The van der Waals surface area contributed by atoms with Crippen LogP contribution in [0.1, 0.15) is 52.3 Å². The van der Waals surface area contributed by atoms with Crippen molar-refractivity contribution >= 4 is 22.8 Å². The molecule has 4 aromatic heterocycles. The molecule has 0 saturated carbocycles. The normalized spacial score (nSPS) is 11.2. The first-order valence-electron chi connectivity index (χ1n) is 9.55. The zero-order valence-electron chi connectivity index (χ0n) is 17.1. The van der Waals surface area contributed by atoms with Crippen molar-refractivity contribution < 1.29 is 14.0 Å². The summed E-state index contributed by atoms with van der Waals surface area (Å²) in [5.41, 5.74) is 7.56. The summed E-state index contributed by atoms with van der Waals surface area (Å²) in [6.07, 6.45) is 3.24. The Hall–Kier alpha value is -3.88. The molecule has 0 aliphatic rings. The van der Waals surface area contributed by atoms with Gasteiger partial charge in [-0.15, -0.1) is 0 Å². The van der Waals surface area contributed by atoms with Crippen molar-refractivity contribution in [1.82, 2.24) is 30.6 Å². The average molecular weight is 406 g/mol. The van der Waals surface area contributed by atoms with Gasteiger partial charge in [0.05, 0.1) is 22.8 Å². The molecule has 0 atom stereocenters. The molecule has 0 aliphatic carbocycles. The molecule has 0 saturated heterocycles. The highest BCUT2D eigenvalue weighted by Crippen LogP contribution is 2.29. The van der Waals surface area contributed by atoms with E-state index in [1.54, 1.807) is 35.3 Å². The molecule has 0 aromatic carbocycles. The maximum atomic E-state index is 13.0. The maximum Gasteiger partial charge on any atom is 0.286 e. The zero-order chi connectivity index (χ0) is 21.4. The van der Waals surface area contributed by atoms with E-state index < -0.39 is 11.8 Å². The fourth-order valence-electron chi connectivity index (χ4n) is 3.33. The van der Waals surface area contributed by atoms with Gasteiger partial charge in [0.1, 0.15) is 17.2 Å². The molecule has 4 aromatic rings. The fourth-order valence-corrected chi connectivity index (χ4v) is 3.33. The Bertz CT molecular complexity index is 1230. The van der Waals surface area contributed by atoms with E-state index in [9.17, 15) is 9.59 Å². The van der Waals surface area contributed by atoms with Crippen molar-refractivity contribution in [1.29, 1.82) is 0 Å². The largest absolute Gasteiger partial charge is 0.466 e. The SMILES string of the molecule is Cc1cc(-c2cc(C(=O)NNC(=O)c3ccc[nH]3)c3cnn(C(C)C)c3n2)c(C)o1. The first-order valence-corrected chi connectivity index (χ1v) is 9.55. The Morgan fingerprint density at radius 1 is 1.17 bits per heavy atom. The summed E-state index contributed by atoms with van der Waals surface area (Å²) in [5.74, 6) is 0.551. The fraction of sp³-hybridized carbons (Fsp3) is 0.238. The van der Waals surface area contributed by atoms with Crippen LogP contribution in [0.3, 0.4) is 0 Å². The smallest absolute Gasteiger partial charge is 0.286 e. The molecular weight excluding hydrogens is 384 g/mol. The second-order valence-corrected chi connectivity index (χ2v) is 7.29. The van der Waals surface area contributed by atoms with E-state index >= 15 is 0 Å². The topological polar surface area (TPSA) is 118 Å². The molecule has 2 amide bonds. The molecule has 0 bridgehead atoms. The monoisotopic (exact) mass is 406 g/mol. The van der Waals surface area contributed by atoms with Crippen LogP contribution >= 0.6 is 0 Å². The number of hydrogen-bond donors (Lipinski definition) is 3. The molecule has 154 valence electrons. The number of furan rings is 1. The van der Waals surface area contributed by atoms with Gasteiger partial charge in [-0.2, -0.15) is 5.10 Å². The summed E-state index contributed by atoms with van der Waals surface area (Å²) >= 11 is 0. The van der Waals surface area contributed by atoms with Crippen LogP contribution in [0.2, 0.25) is 0 Å². The van der Waals surface area contributed by atoms with E-state index in [2.05, 4.69) is 20.9 Å². The van der Waals surface area contributed by atoms with Crippen LogP contribution in [0.25, 0.3) is 22.3 Å². The number of fused-ring (bicyclic) bond motifs is 1. The quantitative estimate of drug-likeness (QED) is 0.450. The zero-order valence-corrected chi connectivity index (χ0v) is 17.1. The van der Waals surface area contributed by atoms with Crippen molar-refractivity contribution in [2.24, 2.45) is 0 Å². The molecular formula is C21H22N6O3. The Kier molecular flexibility index (Phi) is 4.86. The van der Waals surface area contributed by atoms with Gasteiger partial charge < -0.3 is 9.40 Å². The van der Waals surface area contributed by atoms with Gasteiger partial charge in [0, 0.05) is 17.8 Å². The first-order chi connectivity index (χ1) is 14.3. The number of pyridine rings is 1. The van der Waals surface area contributed by atoms with Crippen LogP contribution < -0.4 is 10.9 Å². The van der Waals surface area contributed by atoms with Crippen molar-refractivity contribution in [2.45, 2.75) is 33.7 Å². The summed E-state index contributed by atoms with van der Waals surface area (Å²) in [4.78, 5) is 32.6. The highest BCUT2D eigenvalue weighted by atomic mass is 16.3. The molecule has 4 heterocycles. The average Bonchev–Trinajstić information content (AvgIpc) is 3.44. The number of nitrogens with one attached hydrogen (secondary N) is 3. The number of amides is 2.